The number of fused-ring (bicyclic) bond motifs is 1. The summed E-state index contributed by atoms with van der Waals surface area (Å²) < 4.78 is 10.0. The fourth-order valence-electron chi connectivity index (χ4n) is 7.68. The topological polar surface area (TPSA) is 127 Å². The Morgan fingerprint density at radius 1 is 0.885 bits per heavy atom. The number of nitrogens with zero attached hydrogens (tertiary/aromatic N) is 5. The largest absolute Gasteiger partial charge is 0.484 e. The molecular formula is C41H53N9O2. The maximum absolute atomic E-state index is 13.8. The number of ether oxygens (including phenoxy) is 1. The number of carbonyl (C=O) groups excluding carboxylic acids is 1. The van der Waals surface area contributed by atoms with Crippen LogP contribution < -0.4 is 20.9 Å². The van der Waals surface area contributed by atoms with Crippen LogP contribution in [0.1, 0.15) is 107 Å². The molecule has 2 fully saturated rings. The molecule has 2 atom stereocenters. The maximum atomic E-state index is 13.8. The summed E-state index contributed by atoms with van der Waals surface area (Å²) >= 11 is 0. The SMILES string of the molecule is CC(C)(C)c1cc(NC(=O)N[C@H]2CC[C@@H](Oc3ccc(=N)n(C(=N)N4CCCCC4)c3)c3ccccc32)n(-c2cccc(CN3CCCCC3)c2)n1. The van der Waals surface area contributed by atoms with Crippen LogP contribution in [0.25, 0.3) is 5.69 Å². The molecule has 2 amide bonds. The van der Waals surface area contributed by atoms with Gasteiger partial charge in [0.25, 0.3) is 0 Å². The highest BCUT2D eigenvalue weighted by Gasteiger charge is 2.30. The smallest absolute Gasteiger partial charge is 0.320 e. The average molecular weight is 704 g/mol. The van der Waals surface area contributed by atoms with E-state index in [4.69, 9.17) is 20.7 Å². The van der Waals surface area contributed by atoms with Gasteiger partial charge in [-0.05, 0) is 99.0 Å². The van der Waals surface area contributed by atoms with Gasteiger partial charge < -0.3 is 15.0 Å². The second-order valence-corrected chi connectivity index (χ2v) is 15.5. The van der Waals surface area contributed by atoms with Gasteiger partial charge in [0.15, 0.2) is 0 Å². The molecule has 0 unspecified atom stereocenters. The van der Waals surface area contributed by atoms with Gasteiger partial charge in [-0.3, -0.25) is 25.6 Å². The van der Waals surface area contributed by atoms with Gasteiger partial charge in [-0.1, -0.05) is 63.6 Å². The van der Waals surface area contributed by atoms with Gasteiger partial charge in [-0.15, -0.1) is 0 Å². The predicted molar refractivity (Wildman–Crippen MR) is 204 cm³/mol. The van der Waals surface area contributed by atoms with Gasteiger partial charge in [0.05, 0.1) is 23.6 Å². The van der Waals surface area contributed by atoms with Crippen LogP contribution in [0.2, 0.25) is 0 Å². The van der Waals surface area contributed by atoms with E-state index in [2.05, 4.69) is 72.7 Å². The Balaban J connectivity index is 1.06. The number of anilines is 1. The third-order valence-electron chi connectivity index (χ3n) is 10.6. The first-order valence-electron chi connectivity index (χ1n) is 19.0. The zero-order chi connectivity index (χ0) is 36.2. The summed E-state index contributed by atoms with van der Waals surface area (Å²) in [5.74, 6) is 1.56. The van der Waals surface area contributed by atoms with E-state index >= 15 is 0 Å². The summed E-state index contributed by atoms with van der Waals surface area (Å²) in [6, 6.07) is 21.6. The Bertz CT molecular complexity index is 1950. The Kier molecular flexibility index (Phi) is 10.5. The number of piperidine rings is 2. The molecule has 0 radical (unpaired) electrons. The van der Waals surface area contributed by atoms with Crippen molar-refractivity contribution in [2.75, 3.05) is 31.5 Å². The third kappa shape index (κ3) is 8.09. The summed E-state index contributed by atoms with van der Waals surface area (Å²) in [6.45, 7) is 11.2. The Morgan fingerprint density at radius 3 is 2.37 bits per heavy atom. The highest BCUT2D eigenvalue weighted by molar-refractivity contribution is 5.89. The predicted octanol–water partition coefficient (Wildman–Crippen LogP) is 7.48. The zero-order valence-corrected chi connectivity index (χ0v) is 30.8. The standard InChI is InChI=1S/C41H53N9O2/c1-41(2,3)36-26-38(50(46-36)30-14-12-13-29(25-30)27-47-21-8-4-9-22-47)45-40(51)44-34-18-19-35(33-16-7-6-15-32(33)34)52-31-17-20-37(42)49(28-31)39(43)48-23-10-5-11-24-48/h6-7,12-17,20,25-26,28,34-35,42-43H,4-5,8-11,18-19,21-24,27H2,1-3H3,(H2,44,45,51)/t34-,35+/m0/s1. The van der Waals surface area contributed by atoms with Crippen LogP contribution in [-0.2, 0) is 12.0 Å². The molecule has 274 valence electrons. The highest BCUT2D eigenvalue weighted by atomic mass is 16.5. The van der Waals surface area contributed by atoms with Crippen molar-refractivity contribution in [3.63, 3.8) is 0 Å². The van der Waals surface area contributed by atoms with Crippen LogP contribution >= 0.6 is 0 Å². The number of amides is 2. The minimum atomic E-state index is -0.284. The Hall–Kier alpha value is -4.90. The van der Waals surface area contributed by atoms with E-state index in [9.17, 15) is 4.79 Å². The van der Waals surface area contributed by atoms with E-state index < -0.39 is 0 Å². The second kappa shape index (κ2) is 15.4. The summed E-state index contributed by atoms with van der Waals surface area (Å²) in [6.07, 6.45) is 10.1. The molecule has 0 spiro atoms. The molecule has 4 heterocycles. The molecule has 3 aliphatic rings. The summed E-state index contributed by atoms with van der Waals surface area (Å²) in [7, 11) is 0. The summed E-state index contributed by atoms with van der Waals surface area (Å²) in [5, 5.41) is 28.6. The lowest BCUT2D eigenvalue weighted by molar-refractivity contribution is 0.171. The van der Waals surface area contributed by atoms with E-state index in [0.29, 0.717) is 30.4 Å². The fourth-order valence-corrected chi connectivity index (χ4v) is 7.68. The number of rotatable bonds is 7. The van der Waals surface area contributed by atoms with E-state index in [-0.39, 0.29) is 29.1 Å². The molecule has 2 aromatic carbocycles. The molecular weight excluding hydrogens is 651 g/mol. The minimum absolute atomic E-state index is 0.199. The maximum Gasteiger partial charge on any atom is 0.320 e. The first-order valence-corrected chi connectivity index (χ1v) is 19.0. The lowest BCUT2D eigenvalue weighted by Gasteiger charge is -2.33. The number of pyridine rings is 1. The molecule has 52 heavy (non-hydrogen) atoms. The monoisotopic (exact) mass is 703 g/mol. The Labute approximate surface area is 307 Å². The number of aromatic nitrogens is 3. The first kappa shape index (κ1) is 35.5. The Morgan fingerprint density at radius 2 is 1.62 bits per heavy atom. The van der Waals surface area contributed by atoms with Crippen molar-refractivity contribution in [2.24, 2.45) is 0 Å². The molecule has 7 rings (SSSR count). The van der Waals surface area contributed by atoms with Crippen LogP contribution in [-0.4, -0.2) is 62.3 Å². The number of hydrogen-bond donors (Lipinski definition) is 4. The number of nitrogens with one attached hydrogen (secondary N) is 4. The van der Waals surface area contributed by atoms with Crippen molar-refractivity contribution in [3.8, 4) is 11.4 Å². The second-order valence-electron chi connectivity index (χ2n) is 15.5. The van der Waals surface area contributed by atoms with Crippen LogP contribution in [0.5, 0.6) is 5.75 Å². The number of benzene rings is 2. The quantitative estimate of drug-likeness (QED) is 0.117. The van der Waals surface area contributed by atoms with Gasteiger partial charge in [0, 0.05) is 31.1 Å². The summed E-state index contributed by atoms with van der Waals surface area (Å²) in [4.78, 5) is 18.3. The molecule has 11 heteroatoms. The molecule has 2 saturated heterocycles. The van der Waals surface area contributed by atoms with Crippen molar-refractivity contribution in [3.05, 3.63) is 101 Å². The number of likely N-dealkylation sites (tertiary alicyclic amines) is 2. The van der Waals surface area contributed by atoms with Crippen LogP contribution in [0.15, 0.2) is 72.9 Å². The average Bonchev–Trinajstić information content (AvgIpc) is 3.58. The van der Waals surface area contributed by atoms with Gasteiger partial charge in [0.1, 0.15) is 23.2 Å². The van der Waals surface area contributed by atoms with Gasteiger partial charge in [0.2, 0.25) is 5.96 Å². The zero-order valence-electron chi connectivity index (χ0n) is 30.8. The number of hydrogen-bond acceptors (Lipinski definition) is 6. The molecule has 2 aromatic heterocycles. The molecule has 0 saturated carbocycles. The third-order valence-corrected chi connectivity index (χ3v) is 10.6. The van der Waals surface area contributed by atoms with Gasteiger partial charge >= 0.3 is 6.03 Å². The molecule has 4 aromatic rings. The van der Waals surface area contributed by atoms with Crippen molar-refractivity contribution in [1.82, 2.24) is 29.5 Å². The summed E-state index contributed by atoms with van der Waals surface area (Å²) in [5.41, 5.74) is 5.17. The normalized spacial score (nSPS) is 19.5. The van der Waals surface area contributed by atoms with Gasteiger partial charge in [-0.25, -0.2) is 9.48 Å². The fraction of sp³-hybridized carbons (Fsp3) is 0.463. The van der Waals surface area contributed by atoms with Crippen LogP contribution in [0.4, 0.5) is 10.6 Å². The molecule has 4 N–H and O–H groups in total. The molecule has 0 bridgehead atoms. The first-order chi connectivity index (χ1) is 25.1. The number of carbonyl (C=O) groups is 1. The van der Waals surface area contributed by atoms with E-state index in [1.54, 1.807) is 22.9 Å². The minimum Gasteiger partial charge on any atom is -0.484 e. The van der Waals surface area contributed by atoms with Crippen LogP contribution in [0, 0.1) is 10.8 Å². The van der Waals surface area contributed by atoms with Crippen LogP contribution in [0.3, 0.4) is 0 Å². The van der Waals surface area contributed by atoms with Gasteiger partial charge in [-0.2, -0.15) is 5.10 Å². The van der Waals surface area contributed by atoms with Crippen molar-refractivity contribution >= 4 is 17.8 Å². The van der Waals surface area contributed by atoms with Crippen molar-refractivity contribution in [1.29, 1.82) is 10.8 Å². The number of urea groups is 1. The molecule has 1 aliphatic carbocycles. The lowest BCUT2D eigenvalue weighted by atomic mass is 9.85. The van der Waals surface area contributed by atoms with E-state index in [1.165, 1.54) is 31.2 Å². The van der Waals surface area contributed by atoms with Crippen molar-refractivity contribution in [2.45, 2.75) is 96.2 Å². The molecule has 2 aliphatic heterocycles. The lowest BCUT2D eigenvalue weighted by Crippen LogP contribution is -2.42. The molecule has 11 nitrogen and oxygen atoms in total. The van der Waals surface area contributed by atoms with E-state index in [0.717, 1.165) is 68.1 Å². The highest BCUT2D eigenvalue weighted by Crippen LogP contribution is 2.39. The van der Waals surface area contributed by atoms with Crippen molar-refractivity contribution < 1.29 is 9.53 Å². The van der Waals surface area contributed by atoms with E-state index in [1.807, 2.05) is 27.8 Å².